The molecule has 0 aromatic rings. The van der Waals surface area contributed by atoms with Crippen molar-refractivity contribution in [2.75, 3.05) is 0 Å². The summed E-state index contributed by atoms with van der Waals surface area (Å²) in [5.41, 5.74) is 0. The molecule has 1 atom stereocenters. The summed E-state index contributed by atoms with van der Waals surface area (Å²) in [5, 5.41) is 17.1. The summed E-state index contributed by atoms with van der Waals surface area (Å²) in [6.07, 6.45) is 5.10. The average Bonchev–Trinajstić information content (AvgIpc) is 2.09. The van der Waals surface area contributed by atoms with Crippen LogP contribution in [0.15, 0.2) is 12.2 Å². The molecule has 0 aliphatic rings. The second-order valence-electron chi connectivity index (χ2n) is 3.11. The zero-order chi connectivity index (χ0) is 11.0. The van der Waals surface area contributed by atoms with Gasteiger partial charge in [0.1, 0.15) is 0 Å². The molecule has 0 aromatic heterocycles. The molecule has 0 aliphatic carbocycles. The fourth-order valence-electron chi connectivity index (χ4n) is 1.06. The molecule has 0 amide bonds. The van der Waals surface area contributed by atoms with Gasteiger partial charge in [-0.25, -0.2) is 0 Å². The van der Waals surface area contributed by atoms with Gasteiger partial charge in [0.2, 0.25) is 0 Å². The second-order valence-corrected chi connectivity index (χ2v) is 3.11. The molecule has 0 rings (SSSR count). The highest BCUT2D eigenvalue weighted by Gasteiger charge is 2.12. The van der Waals surface area contributed by atoms with Crippen molar-refractivity contribution < 1.29 is 19.8 Å². The fraction of sp³-hybridized carbons (Fsp3) is 0.600. The van der Waals surface area contributed by atoms with Gasteiger partial charge in [-0.05, 0) is 6.42 Å². The van der Waals surface area contributed by atoms with Crippen LogP contribution in [0.2, 0.25) is 0 Å². The highest BCUT2D eigenvalue weighted by molar-refractivity contribution is 5.73. The quantitative estimate of drug-likeness (QED) is 0.615. The SMILES string of the molecule is CCCCC(/C=C/CC(=O)O)C(=O)O. The van der Waals surface area contributed by atoms with Gasteiger partial charge in [0.25, 0.3) is 0 Å². The monoisotopic (exact) mass is 200 g/mol. The van der Waals surface area contributed by atoms with E-state index < -0.39 is 17.9 Å². The van der Waals surface area contributed by atoms with Crippen LogP contribution >= 0.6 is 0 Å². The fourth-order valence-corrected chi connectivity index (χ4v) is 1.06. The van der Waals surface area contributed by atoms with E-state index in [0.717, 1.165) is 12.8 Å². The third kappa shape index (κ3) is 6.22. The predicted molar refractivity (Wildman–Crippen MR) is 52.0 cm³/mol. The van der Waals surface area contributed by atoms with E-state index in [-0.39, 0.29) is 6.42 Å². The molecule has 0 spiro atoms. The summed E-state index contributed by atoms with van der Waals surface area (Å²) in [5.74, 6) is -2.38. The molecular weight excluding hydrogens is 184 g/mol. The lowest BCUT2D eigenvalue weighted by atomic mass is 10.0. The average molecular weight is 200 g/mol. The van der Waals surface area contributed by atoms with Crippen LogP contribution in [0, 0.1) is 5.92 Å². The van der Waals surface area contributed by atoms with Crippen LogP contribution in [0.3, 0.4) is 0 Å². The zero-order valence-electron chi connectivity index (χ0n) is 8.27. The van der Waals surface area contributed by atoms with Crippen molar-refractivity contribution >= 4 is 11.9 Å². The van der Waals surface area contributed by atoms with Gasteiger partial charge in [0, 0.05) is 0 Å². The lowest BCUT2D eigenvalue weighted by Crippen LogP contribution is -2.10. The van der Waals surface area contributed by atoms with Crippen LogP contribution in [0.1, 0.15) is 32.6 Å². The Balaban J connectivity index is 4.01. The first kappa shape index (κ1) is 12.7. The lowest BCUT2D eigenvalue weighted by molar-refractivity contribution is -0.140. The van der Waals surface area contributed by atoms with E-state index in [9.17, 15) is 9.59 Å². The van der Waals surface area contributed by atoms with Crippen molar-refractivity contribution in [3.05, 3.63) is 12.2 Å². The van der Waals surface area contributed by atoms with Gasteiger partial charge < -0.3 is 10.2 Å². The Labute approximate surface area is 83.2 Å². The maximum atomic E-state index is 10.7. The Morgan fingerprint density at radius 2 is 2.00 bits per heavy atom. The summed E-state index contributed by atoms with van der Waals surface area (Å²) in [4.78, 5) is 20.8. The molecule has 0 fully saturated rings. The van der Waals surface area contributed by atoms with E-state index >= 15 is 0 Å². The predicted octanol–water partition coefficient (Wildman–Crippen LogP) is 1.91. The third-order valence-electron chi connectivity index (χ3n) is 1.85. The number of hydrogen-bond acceptors (Lipinski definition) is 2. The number of carboxylic acid groups (broad SMARTS) is 2. The van der Waals surface area contributed by atoms with Crippen molar-refractivity contribution in [1.29, 1.82) is 0 Å². The van der Waals surface area contributed by atoms with Crippen LogP contribution in [-0.2, 0) is 9.59 Å². The van der Waals surface area contributed by atoms with Crippen molar-refractivity contribution in [1.82, 2.24) is 0 Å². The molecule has 80 valence electrons. The van der Waals surface area contributed by atoms with Crippen molar-refractivity contribution in [2.45, 2.75) is 32.6 Å². The smallest absolute Gasteiger partial charge is 0.310 e. The van der Waals surface area contributed by atoms with E-state index in [1.165, 1.54) is 12.2 Å². The maximum absolute atomic E-state index is 10.7. The molecule has 0 bridgehead atoms. The number of rotatable bonds is 7. The molecule has 0 radical (unpaired) electrons. The van der Waals surface area contributed by atoms with Crippen LogP contribution < -0.4 is 0 Å². The third-order valence-corrected chi connectivity index (χ3v) is 1.85. The first-order chi connectivity index (χ1) is 6.57. The molecular formula is C10H16O4. The Morgan fingerprint density at radius 1 is 1.36 bits per heavy atom. The van der Waals surface area contributed by atoms with Crippen molar-refractivity contribution in [3.63, 3.8) is 0 Å². The minimum atomic E-state index is -0.944. The van der Waals surface area contributed by atoms with Crippen LogP contribution in [0.5, 0.6) is 0 Å². The Kier molecular flexibility index (Phi) is 6.45. The van der Waals surface area contributed by atoms with Gasteiger partial charge in [-0.1, -0.05) is 31.9 Å². The Bertz CT molecular complexity index is 220. The summed E-state index contributed by atoms with van der Waals surface area (Å²) in [7, 11) is 0. The summed E-state index contributed by atoms with van der Waals surface area (Å²) in [6, 6.07) is 0. The molecule has 1 unspecified atom stereocenters. The molecule has 14 heavy (non-hydrogen) atoms. The molecule has 4 nitrogen and oxygen atoms in total. The van der Waals surface area contributed by atoms with Crippen molar-refractivity contribution in [2.24, 2.45) is 5.92 Å². The zero-order valence-corrected chi connectivity index (χ0v) is 8.27. The molecule has 0 saturated carbocycles. The van der Waals surface area contributed by atoms with Crippen LogP contribution in [0.4, 0.5) is 0 Å². The van der Waals surface area contributed by atoms with E-state index in [1.54, 1.807) is 0 Å². The van der Waals surface area contributed by atoms with Gasteiger partial charge in [-0.15, -0.1) is 0 Å². The lowest BCUT2D eigenvalue weighted by Gasteiger charge is -2.05. The number of aliphatic carboxylic acids is 2. The topological polar surface area (TPSA) is 74.6 Å². The van der Waals surface area contributed by atoms with E-state index in [0.29, 0.717) is 6.42 Å². The highest BCUT2D eigenvalue weighted by atomic mass is 16.4. The summed E-state index contributed by atoms with van der Waals surface area (Å²) >= 11 is 0. The van der Waals surface area contributed by atoms with Crippen LogP contribution in [0.25, 0.3) is 0 Å². The van der Waals surface area contributed by atoms with Crippen LogP contribution in [-0.4, -0.2) is 22.2 Å². The highest BCUT2D eigenvalue weighted by Crippen LogP contribution is 2.10. The molecule has 0 aromatic carbocycles. The Morgan fingerprint density at radius 3 is 2.43 bits per heavy atom. The molecule has 4 heteroatoms. The molecule has 0 aliphatic heterocycles. The normalized spacial score (nSPS) is 12.9. The summed E-state index contributed by atoms with van der Waals surface area (Å²) in [6.45, 7) is 1.99. The maximum Gasteiger partial charge on any atom is 0.310 e. The van der Waals surface area contributed by atoms with Gasteiger partial charge in [-0.3, -0.25) is 9.59 Å². The van der Waals surface area contributed by atoms with E-state index in [1.807, 2.05) is 6.92 Å². The second kappa shape index (κ2) is 7.12. The minimum Gasteiger partial charge on any atom is -0.481 e. The first-order valence-corrected chi connectivity index (χ1v) is 4.69. The molecule has 0 heterocycles. The number of carboxylic acids is 2. The number of unbranched alkanes of at least 4 members (excludes halogenated alkanes) is 1. The standard InChI is InChI=1S/C10H16O4/c1-2-3-5-8(10(13)14)6-4-7-9(11)12/h4,6,8H,2-3,5,7H2,1H3,(H,11,12)(H,13,14)/b6-4+. The van der Waals surface area contributed by atoms with Crippen molar-refractivity contribution in [3.8, 4) is 0 Å². The van der Waals surface area contributed by atoms with Gasteiger partial charge >= 0.3 is 11.9 Å². The number of hydrogen-bond donors (Lipinski definition) is 2. The largest absolute Gasteiger partial charge is 0.481 e. The first-order valence-electron chi connectivity index (χ1n) is 4.69. The van der Waals surface area contributed by atoms with Gasteiger partial charge in [0.15, 0.2) is 0 Å². The molecule has 2 N–H and O–H groups in total. The van der Waals surface area contributed by atoms with E-state index in [4.69, 9.17) is 10.2 Å². The van der Waals surface area contributed by atoms with E-state index in [2.05, 4.69) is 0 Å². The summed E-state index contributed by atoms with van der Waals surface area (Å²) < 4.78 is 0. The minimum absolute atomic E-state index is 0.115. The number of carbonyl (C=O) groups is 2. The van der Waals surface area contributed by atoms with Gasteiger partial charge in [-0.2, -0.15) is 0 Å². The Hall–Kier alpha value is -1.32. The van der Waals surface area contributed by atoms with Gasteiger partial charge in [0.05, 0.1) is 12.3 Å². The molecule has 0 saturated heterocycles.